The summed E-state index contributed by atoms with van der Waals surface area (Å²) in [5, 5.41) is 13.2. The summed E-state index contributed by atoms with van der Waals surface area (Å²) in [6.07, 6.45) is 9.93. The van der Waals surface area contributed by atoms with Crippen LogP contribution in [-0.4, -0.2) is 11.1 Å². The first-order valence-corrected chi connectivity index (χ1v) is 8.52. The molecule has 0 saturated heterocycles. The molecule has 4 nitrogen and oxygen atoms in total. The molecule has 0 spiro atoms. The van der Waals surface area contributed by atoms with Crippen molar-refractivity contribution in [2.45, 2.75) is 13.0 Å². The first-order chi connectivity index (χ1) is 12.7. The van der Waals surface area contributed by atoms with Crippen molar-refractivity contribution >= 4 is 28.6 Å². The second-order valence-electron chi connectivity index (χ2n) is 5.85. The molecule has 0 saturated carbocycles. The number of nitrogens with one attached hydrogen (secondary N) is 1. The number of carboxylic acid groups (broad SMARTS) is 1. The molecule has 138 valence electrons. The molecule has 0 fully saturated rings. The van der Waals surface area contributed by atoms with Crippen LogP contribution in [0, 0.1) is 0 Å². The molecule has 5 heteroatoms. The smallest absolute Gasteiger partial charge is 0.309 e. The number of hydrogen-bond acceptors (Lipinski definition) is 2. The van der Waals surface area contributed by atoms with Gasteiger partial charge in [-0.15, -0.1) is 0 Å². The summed E-state index contributed by atoms with van der Waals surface area (Å²) in [4.78, 5) is 10.8. The van der Waals surface area contributed by atoms with Gasteiger partial charge in [-0.3, -0.25) is 4.79 Å². The number of hydrogen-bond donors (Lipinski definition) is 2. The molecule has 0 atom stereocenters. The zero-order valence-electron chi connectivity index (χ0n) is 14.8. The van der Waals surface area contributed by atoms with E-state index in [0.29, 0.717) is 6.54 Å². The van der Waals surface area contributed by atoms with Crippen LogP contribution in [0.15, 0.2) is 85.2 Å². The predicted octanol–water partition coefficient (Wildman–Crippen LogP) is 1.24. The molecule has 27 heavy (non-hydrogen) atoms. The van der Waals surface area contributed by atoms with Gasteiger partial charge in [0, 0.05) is 24.0 Å². The van der Waals surface area contributed by atoms with Crippen molar-refractivity contribution in [3.05, 3.63) is 90.8 Å². The van der Waals surface area contributed by atoms with Gasteiger partial charge in [-0.1, -0.05) is 42.5 Å². The average molecular weight is 425 g/mol. The van der Waals surface area contributed by atoms with Crippen LogP contribution in [0.1, 0.15) is 12.0 Å². The molecule has 0 amide bonds. The van der Waals surface area contributed by atoms with E-state index in [1.165, 1.54) is 0 Å². The Kier molecular flexibility index (Phi) is 7.77. The lowest BCUT2D eigenvalue weighted by molar-refractivity contribution is -0.670. The maximum absolute atomic E-state index is 10.8. The number of benzene rings is 2. The first kappa shape index (κ1) is 20.4. The van der Waals surface area contributed by atoms with Gasteiger partial charge < -0.3 is 27.4 Å². The van der Waals surface area contributed by atoms with Crippen molar-refractivity contribution in [1.82, 2.24) is 0 Å². The monoisotopic (exact) mass is 424 g/mol. The number of aryl methyl sites for hydroxylation is 1. The number of allylic oxidation sites excluding steroid dienone is 2. The van der Waals surface area contributed by atoms with Gasteiger partial charge >= 0.3 is 5.97 Å². The van der Waals surface area contributed by atoms with Gasteiger partial charge in [0.05, 0.1) is 5.39 Å². The zero-order valence-corrected chi connectivity index (χ0v) is 16.3. The van der Waals surface area contributed by atoms with Gasteiger partial charge in [-0.05, 0) is 29.8 Å². The van der Waals surface area contributed by atoms with E-state index in [1.807, 2.05) is 89.8 Å². The number of nitrogens with zero attached hydrogens (tertiary/aromatic N) is 1. The summed E-state index contributed by atoms with van der Waals surface area (Å²) in [5.41, 5.74) is 3.17. The van der Waals surface area contributed by atoms with Gasteiger partial charge in [0.2, 0.25) is 5.52 Å². The number of pyridine rings is 1. The van der Waals surface area contributed by atoms with E-state index in [0.717, 1.165) is 22.2 Å². The van der Waals surface area contributed by atoms with Crippen LogP contribution >= 0.6 is 0 Å². The second kappa shape index (κ2) is 10.3. The van der Waals surface area contributed by atoms with Gasteiger partial charge in [0.25, 0.3) is 0 Å². The van der Waals surface area contributed by atoms with Gasteiger partial charge in [-0.2, -0.15) is 4.57 Å². The van der Waals surface area contributed by atoms with Crippen LogP contribution < -0.4 is 26.9 Å². The summed E-state index contributed by atoms with van der Waals surface area (Å²) < 4.78 is 1.98. The lowest BCUT2D eigenvalue weighted by atomic mass is 10.1. The van der Waals surface area contributed by atoms with E-state index < -0.39 is 5.97 Å². The number of anilines is 1. The Balaban J connectivity index is 0.00000261. The van der Waals surface area contributed by atoms with Gasteiger partial charge in [-0.25, -0.2) is 0 Å². The molecular weight excluding hydrogens is 404 g/mol. The summed E-state index contributed by atoms with van der Waals surface area (Å²) in [6, 6.07) is 20.0. The number of carboxylic acids is 1. The lowest BCUT2D eigenvalue weighted by Crippen LogP contribution is -3.00. The standard InChI is InChI=1S/C22H20N2O2.BrH/c25-22(26)14-17-24-16-13-18(20-11-4-5-12-21(20)24)8-6-7-15-23-19-9-2-1-3-10-19;/h1-13,15-16H,14,17H2,(H,25,26);1H. The highest BCUT2D eigenvalue weighted by molar-refractivity contribution is 5.85. The minimum absolute atomic E-state index is 0. The molecule has 0 bridgehead atoms. The van der Waals surface area contributed by atoms with Crippen LogP contribution in [-0.2, 0) is 11.3 Å². The quantitative estimate of drug-likeness (QED) is 0.443. The van der Waals surface area contributed by atoms with E-state index in [2.05, 4.69) is 11.4 Å². The Bertz CT molecular complexity index is 953. The third-order valence-corrected chi connectivity index (χ3v) is 4.03. The normalized spacial score (nSPS) is 11.0. The number of halogens is 1. The topological polar surface area (TPSA) is 53.2 Å². The van der Waals surface area contributed by atoms with Crippen LogP contribution in [0.2, 0.25) is 0 Å². The minimum atomic E-state index is -0.790. The second-order valence-corrected chi connectivity index (χ2v) is 5.85. The molecule has 0 aliphatic rings. The van der Waals surface area contributed by atoms with Crippen LogP contribution in [0.25, 0.3) is 17.0 Å². The van der Waals surface area contributed by atoms with Gasteiger partial charge in [0.15, 0.2) is 12.7 Å². The molecule has 0 aliphatic carbocycles. The number of aliphatic carboxylic acids is 1. The number of carbonyl (C=O) groups is 1. The van der Waals surface area contributed by atoms with E-state index in [1.54, 1.807) is 0 Å². The molecule has 1 heterocycles. The Morgan fingerprint density at radius 1 is 1.00 bits per heavy atom. The molecule has 2 N–H and O–H groups in total. The Labute approximate surface area is 169 Å². The highest BCUT2D eigenvalue weighted by Crippen LogP contribution is 2.17. The van der Waals surface area contributed by atoms with Crippen molar-refractivity contribution in [3.63, 3.8) is 0 Å². The lowest BCUT2D eigenvalue weighted by Gasteiger charge is -2.03. The van der Waals surface area contributed by atoms with Crippen molar-refractivity contribution in [3.8, 4) is 0 Å². The molecular formula is C22H21BrN2O2. The van der Waals surface area contributed by atoms with E-state index >= 15 is 0 Å². The number of fused-ring (bicyclic) bond motifs is 1. The summed E-state index contributed by atoms with van der Waals surface area (Å²) in [7, 11) is 0. The highest BCUT2D eigenvalue weighted by Gasteiger charge is 2.12. The maximum Gasteiger partial charge on any atom is 0.309 e. The van der Waals surface area contributed by atoms with Gasteiger partial charge in [0.1, 0.15) is 6.42 Å². The minimum Gasteiger partial charge on any atom is -1.00 e. The Hall–Kier alpha value is -2.92. The van der Waals surface area contributed by atoms with Crippen molar-refractivity contribution < 1.29 is 31.4 Å². The summed E-state index contributed by atoms with van der Waals surface area (Å²) in [6.45, 7) is 0.459. The van der Waals surface area contributed by atoms with E-state index in [9.17, 15) is 4.79 Å². The molecule has 1 aromatic heterocycles. The van der Waals surface area contributed by atoms with Crippen molar-refractivity contribution in [1.29, 1.82) is 0 Å². The third kappa shape index (κ3) is 5.79. The SMILES string of the molecule is O=C(O)CC[n+]1ccc(C=CC=CNc2ccccc2)c2ccccc21.[Br-]. The van der Waals surface area contributed by atoms with E-state index in [4.69, 9.17) is 5.11 Å². The van der Waals surface area contributed by atoms with Crippen LogP contribution in [0.4, 0.5) is 5.69 Å². The maximum atomic E-state index is 10.8. The van der Waals surface area contributed by atoms with Crippen LogP contribution in [0.5, 0.6) is 0 Å². The van der Waals surface area contributed by atoms with Crippen LogP contribution in [0.3, 0.4) is 0 Å². The molecule has 0 aliphatic heterocycles. The zero-order chi connectivity index (χ0) is 18.2. The molecule has 2 aromatic carbocycles. The average Bonchev–Trinajstić information content (AvgIpc) is 2.67. The fraction of sp³-hybridized carbons (Fsp3) is 0.0909. The molecule has 3 aromatic rings. The molecule has 3 rings (SSSR count). The van der Waals surface area contributed by atoms with Crippen molar-refractivity contribution in [2.24, 2.45) is 0 Å². The van der Waals surface area contributed by atoms with Crippen molar-refractivity contribution in [2.75, 3.05) is 5.32 Å². The molecule has 0 radical (unpaired) electrons. The number of rotatable bonds is 7. The Morgan fingerprint density at radius 2 is 1.74 bits per heavy atom. The Morgan fingerprint density at radius 3 is 2.52 bits per heavy atom. The highest BCUT2D eigenvalue weighted by atomic mass is 79.9. The number of aromatic nitrogens is 1. The molecule has 0 unspecified atom stereocenters. The largest absolute Gasteiger partial charge is 1.00 e. The number of para-hydroxylation sites is 2. The summed E-state index contributed by atoms with van der Waals surface area (Å²) >= 11 is 0. The first-order valence-electron chi connectivity index (χ1n) is 8.52. The summed E-state index contributed by atoms with van der Waals surface area (Å²) in [5.74, 6) is -0.790. The predicted molar refractivity (Wildman–Crippen MR) is 105 cm³/mol. The fourth-order valence-electron chi connectivity index (χ4n) is 2.76. The third-order valence-electron chi connectivity index (χ3n) is 4.03. The van der Waals surface area contributed by atoms with E-state index in [-0.39, 0.29) is 23.4 Å². The fourth-order valence-corrected chi connectivity index (χ4v) is 2.76.